The fourth-order valence-electron chi connectivity index (χ4n) is 3.65. The number of rotatable bonds is 4. The van der Waals surface area contributed by atoms with Crippen LogP contribution in [0.3, 0.4) is 0 Å². The van der Waals surface area contributed by atoms with Gasteiger partial charge in [-0.05, 0) is 31.0 Å². The van der Waals surface area contributed by atoms with E-state index in [1.54, 1.807) is 31.3 Å². The average molecular weight is 382 g/mol. The minimum Gasteiger partial charge on any atom is -0.441 e. The van der Waals surface area contributed by atoms with E-state index in [4.69, 9.17) is 4.42 Å². The van der Waals surface area contributed by atoms with Gasteiger partial charge in [0.1, 0.15) is 6.17 Å². The summed E-state index contributed by atoms with van der Waals surface area (Å²) in [6, 6.07) is 7.66. The van der Waals surface area contributed by atoms with Gasteiger partial charge in [-0.3, -0.25) is 9.78 Å². The highest BCUT2D eigenvalue weighted by Gasteiger charge is 2.30. The van der Waals surface area contributed by atoms with Crippen molar-refractivity contribution in [2.45, 2.75) is 32.0 Å². The summed E-state index contributed by atoms with van der Waals surface area (Å²) in [4.78, 5) is 22.8. The predicted octanol–water partition coefficient (Wildman–Crippen LogP) is 2.90. The van der Waals surface area contributed by atoms with E-state index in [9.17, 15) is 9.18 Å². The number of hydrogen-bond donors (Lipinski definition) is 1. The van der Waals surface area contributed by atoms with Crippen LogP contribution in [0.1, 0.15) is 18.0 Å². The van der Waals surface area contributed by atoms with Crippen molar-refractivity contribution in [3.05, 3.63) is 48.2 Å². The van der Waals surface area contributed by atoms with E-state index >= 15 is 0 Å². The summed E-state index contributed by atoms with van der Waals surface area (Å²) in [6.07, 6.45) is 3.20. The van der Waals surface area contributed by atoms with Crippen molar-refractivity contribution in [3.8, 4) is 11.3 Å². The Bertz CT molecular complexity index is 1000. The molecular weight excluding hydrogens is 359 g/mol. The number of benzene rings is 1. The molecule has 0 aliphatic carbocycles. The van der Waals surface area contributed by atoms with Crippen molar-refractivity contribution in [1.82, 2.24) is 20.2 Å². The quantitative estimate of drug-likeness (QED) is 0.751. The molecule has 146 valence electrons. The number of hydrogen-bond acceptors (Lipinski definition) is 5. The number of pyridine rings is 1. The summed E-state index contributed by atoms with van der Waals surface area (Å²) in [5.74, 6) is 1.23. The van der Waals surface area contributed by atoms with E-state index in [1.165, 1.54) is 0 Å². The Morgan fingerprint density at radius 3 is 2.86 bits per heavy atom. The molecule has 1 aliphatic rings. The largest absolute Gasteiger partial charge is 0.441 e. The molecule has 0 unspecified atom stereocenters. The first-order chi connectivity index (χ1) is 13.5. The maximum Gasteiger partial charge on any atom is 0.228 e. The van der Waals surface area contributed by atoms with E-state index in [0.29, 0.717) is 30.3 Å². The number of aryl methyl sites for hydroxylation is 1. The molecule has 28 heavy (non-hydrogen) atoms. The molecule has 0 saturated carbocycles. The molecule has 1 saturated heterocycles. The van der Waals surface area contributed by atoms with Gasteiger partial charge in [-0.25, -0.2) is 9.37 Å². The molecule has 2 atom stereocenters. The highest BCUT2D eigenvalue weighted by atomic mass is 19.1. The van der Waals surface area contributed by atoms with Crippen molar-refractivity contribution in [2.75, 3.05) is 20.1 Å². The van der Waals surface area contributed by atoms with Gasteiger partial charge in [-0.15, -0.1) is 0 Å². The zero-order valence-corrected chi connectivity index (χ0v) is 16.0. The lowest BCUT2D eigenvalue weighted by Gasteiger charge is -2.34. The zero-order chi connectivity index (χ0) is 19.7. The van der Waals surface area contributed by atoms with E-state index < -0.39 is 6.17 Å². The Morgan fingerprint density at radius 1 is 1.29 bits per heavy atom. The minimum absolute atomic E-state index is 0.0916. The van der Waals surface area contributed by atoms with Crippen molar-refractivity contribution >= 4 is 16.7 Å². The molecule has 0 bridgehead atoms. The van der Waals surface area contributed by atoms with Gasteiger partial charge in [0, 0.05) is 36.7 Å². The van der Waals surface area contributed by atoms with Gasteiger partial charge in [0.2, 0.25) is 5.91 Å². The van der Waals surface area contributed by atoms with Crippen LogP contribution < -0.4 is 5.32 Å². The maximum absolute atomic E-state index is 14.1. The Morgan fingerprint density at radius 2 is 2.14 bits per heavy atom. The van der Waals surface area contributed by atoms with Crippen LogP contribution >= 0.6 is 0 Å². The van der Waals surface area contributed by atoms with Crippen LogP contribution in [-0.4, -0.2) is 53.1 Å². The molecular formula is C21H23FN4O2. The first kappa shape index (κ1) is 18.6. The third-order valence-electron chi connectivity index (χ3n) is 5.28. The smallest absolute Gasteiger partial charge is 0.228 e. The normalized spacial score (nSPS) is 19.9. The topological polar surface area (TPSA) is 71.3 Å². The van der Waals surface area contributed by atoms with Crippen LogP contribution in [0.5, 0.6) is 0 Å². The number of likely N-dealkylation sites (tertiary alicyclic amines) is 1. The van der Waals surface area contributed by atoms with Gasteiger partial charge in [-0.1, -0.05) is 12.1 Å². The number of nitrogens with zero attached hydrogens (tertiary/aromatic N) is 3. The number of carbonyl (C=O) groups is 1. The molecule has 4 rings (SSSR count). The number of carbonyl (C=O) groups excluding carboxylic acids is 1. The summed E-state index contributed by atoms with van der Waals surface area (Å²) in [5, 5.41) is 4.92. The Balaban J connectivity index is 1.51. The lowest BCUT2D eigenvalue weighted by atomic mass is 10.0. The number of fused-ring (bicyclic) bond motifs is 1. The standard InChI is InChI=1S/C21H23FN4O2/c1-13-24-11-20(28-13)14-3-4-15-10-25-17(8-16(15)7-14)9-21(27)26-6-5-19(23-2)18(22)12-26/h3-4,7-8,10-11,18-19,23H,5-6,9,12H2,1-2H3/t18-,19-/m1/s1. The summed E-state index contributed by atoms with van der Waals surface area (Å²) in [5.41, 5.74) is 1.60. The van der Waals surface area contributed by atoms with E-state index in [1.807, 2.05) is 24.3 Å². The third-order valence-corrected chi connectivity index (χ3v) is 5.28. The number of alkyl halides is 1. The summed E-state index contributed by atoms with van der Waals surface area (Å²) in [7, 11) is 1.75. The molecule has 0 spiro atoms. The lowest BCUT2D eigenvalue weighted by molar-refractivity contribution is -0.133. The molecule has 2 aromatic heterocycles. The van der Waals surface area contributed by atoms with E-state index in [-0.39, 0.29) is 24.9 Å². The number of oxazole rings is 1. The van der Waals surface area contributed by atoms with Gasteiger partial charge in [0.25, 0.3) is 0 Å². The van der Waals surface area contributed by atoms with Crippen molar-refractivity contribution < 1.29 is 13.6 Å². The zero-order valence-electron chi connectivity index (χ0n) is 16.0. The van der Waals surface area contributed by atoms with Gasteiger partial charge < -0.3 is 14.6 Å². The average Bonchev–Trinajstić information content (AvgIpc) is 3.13. The van der Waals surface area contributed by atoms with Crippen molar-refractivity contribution in [2.24, 2.45) is 0 Å². The molecule has 1 N–H and O–H groups in total. The number of halogens is 1. The van der Waals surface area contributed by atoms with Crippen LogP contribution in [-0.2, 0) is 11.2 Å². The second kappa shape index (κ2) is 7.67. The van der Waals surface area contributed by atoms with Gasteiger partial charge >= 0.3 is 0 Å². The number of amides is 1. The van der Waals surface area contributed by atoms with Crippen LogP contribution in [0.25, 0.3) is 22.1 Å². The third kappa shape index (κ3) is 3.75. The summed E-state index contributed by atoms with van der Waals surface area (Å²) >= 11 is 0. The first-order valence-corrected chi connectivity index (χ1v) is 9.44. The van der Waals surface area contributed by atoms with Gasteiger partial charge in [-0.2, -0.15) is 0 Å². The second-order valence-corrected chi connectivity index (χ2v) is 7.20. The fourth-order valence-corrected chi connectivity index (χ4v) is 3.65. The Kier molecular flexibility index (Phi) is 5.09. The van der Waals surface area contributed by atoms with Crippen LogP contribution in [0.15, 0.2) is 41.1 Å². The Hall–Kier alpha value is -2.80. The van der Waals surface area contributed by atoms with Crippen molar-refractivity contribution in [3.63, 3.8) is 0 Å². The summed E-state index contributed by atoms with van der Waals surface area (Å²) < 4.78 is 19.7. The van der Waals surface area contributed by atoms with Crippen LogP contribution in [0.4, 0.5) is 4.39 Å². The number of aromatic nitrogens is 2. The molecule has 7 heteroatoms. The number of nitrogens with one attached hydrogen (secondary N) is 1. The fraction of sp³-hybridized carbons (Fsp3) is 0.381. The minimum atomic E-state index is -1.04. The molecule has 1 amide bonds. The van der Waals surface area contributed by atoms with Gasteiger partial charge in [0.15, 0.2) is 11.7 Å². The SMILES string of the molecule is CN[C@@H]1CCN(C(=O)Cc2cc3cc(-c4cnc(C)o4)ccc3cn2)C[C@H]1F. The second-order valence-electron chi connectivity index (χ2n) is 7.20. The van der Waals surface area contributed by atoms with Crippen molar-refractivity contribution in [1.29, 1.82) is 0 Å². The molecule has 3 heterocycles. The van der Waals surface area contributed by atoms with Crippen LogP contribution in [0.2, 0.25) is 0 Å². The first-order valence-electron chi connectivity index (χ1n) is 9.44. The molecule has 1 fully saturated rings. The predicted molar refractivity (Wildman–Crippen MR) is 105 cm³/mol. The van der Waals surface area contributed by atoms with Gasteiger partial charge in [0.05, 0.1) is 24.9 Å². The molecule has 6 nitrogen and oxygen atoms in total. The molecule has 1 aromatic carbocycles. The monoisotopic (exact) mass is 382 g/mol. The maximum atomic E-state index is 14.1. The summed E-state index contributed by atoms with van der Waals surface area (Å²) in [6.45, 7) is 2.50. The Labute approximate surface area is 162 Å². The highest BCUT2D eigenvalue weighted by molar-refractivity contribution is 5.87. The van der Waals surface area contributed by atoms with Crippen LogP contribution in [0, 0.1) is 6.92 Å². The molecule has 3 aromatic rings. The van der Waals surface area contributed by atoms with E-state index in [0.717, 1.165) is 16.3 Å². The van der Waals surface area contributed by atoms with E-state index in [2.05, 4.69) is 15.3 Å². The molecule has 0 radical (unpaired) electrons. The highest BCUT2D eigenvalue weighted by Crippen LogP contribution is 2.25. The molecule has 1 aliphatic heterocycles. The lowest BCUT2D eigenvalue weighted by Crippen LogP contribution is -2.51. The number of piperidine rings is 1.